The zero-order chi connectivity index (χ0) is 20.4. The lowest BCUT2D eigenvalue weighted by Gasteiger charge is -2.36. The number of hydrogen-bond acceptors (Lipinski definition) is 6. The fourth-order valence-electron chi connectivity index (χ4n) is 4.42. The molecule has 1 saturated heterocycles. The Morgan fingerprint density at radius 2 is 1.93 bits per heavy atom. The van der Waals surface area contributed by atoms with Gasteiger partial charge in [0.1, 0.15) is 17.2 Å². The quantitative estimate of drug-likeness (QED) is 0.470. The third kappa shape index (κ3) is 2.80. The Hall–Kier alpha value is -2.91. The molecule has 1 aliphatic carbocycles. The summed E-state index contributed by atoms with van der Waals surface area (Å²) in [7, 11) is 0. The minimum Gasteiger partial charge on any atom is -0.397 e. The Morgan fingerprint density at radius 3 is 2.70 bits per heavy atom. The van der Waals surface area contributed by atoms with Crippen LogP contribution in [0.25, 0.3) is 32.6 Å². The molecule has 1 saturated carbocycles. The maximum atomic E-state index is 14.9. The molecule has 154 valence electrons. The van der Waals surface area contributed by atoms with Crippen molar-refractivity contribution >= 4 is 44.0 Å². The van der Waals surface area contributed by atoms with Crippen LogP contribution in [0.4, 0.5) is 15.8 Å². The van der Waals surface area contributed by atoms with Gasteiger partial charge in [-0.05, 0) is 30.4 Å². The van der Waals surface area contributed by atoms with Gasteiger partial charge in [-0.25, -0.2) is 9.37 Å². The number of aromatic nitrogens is 3. The van der Waals surface area contributed by atoms with Gasteiger partial charge in [0.15, 0.2) is 0 Å². The number of hydrogen-bond donors (Lipinski definition) is 3. The van der Waals surface area contributed by atoms with E-state index in [1.165, 1.54) is 30.2 Å². The number of H-pyrrole nitrogens is 2. The Kier molecular flexibility index (Phi) is 3.91. The molecule has 2 aliphatic rings. The predicted octanol–water partition coefficient (Wildman–Crippen LogP) is 3.14. The Balaban J connectivity index is 1.38. The molecule has 2 fully saturated rings. The van der Waals surface area contributed by atoms with E-state index in [0.29, 0.717) is 39.3 Å². The molecule has 1 aliphatic heterocycles. The summed E-state index contributed by atoms with van der Waals surface area (Å²) in [6, 6.07) is 5.79. The van der Waals surface area contributed by atoms with E-state index in [0.717, 1.165) is 36.9 Å². The lowest BCUT2D eigenvalue weighted by atomic mass is 10.2. The summed E-state index contributed by atoms with van der Waals surface area (Å²) in [6.45, 7) is 3.52. The van der Waals surface area contributed by atoms with Crippen LogP contribution in [-0.4, -0.2) is 52.1 Å². The molecule has 0 bridgehead atoms. The van der Waals surface area contributed by atoms with Crippen molar-refractivity contribution in [2.75, 3.05) is 36.8 Å². The summed E-state index contributed by atoms with van der Waals surface area (Å²) in [6.07, 6.45) is 2.58. The lowest BCUT2D eigenvalue weighted by Crippen LogP contribution is -2.47. The number of fused-ring (bicyclic) bond motifs is 2. The number of benzene rings is 1. The first-order chi connectivity index (χ1) is 14.6. The smallest absolute Gasteiger partial charge is 0.261 e. The van der Waals surface area contributed by atoms with Crippen LogP contribution in [0.2, 0.25) is 0 Å². The Labute approximate surface area is 175 Å². The number of aromatic amines is 2. The molecule has 9 heteroatoms. The van der Waals surface area contributed by atoms with E-state index in [1.54, 1.807) is 6.07 Å². The molecule has 30 heavy (non-hydrogen) atoms. The number of anilines is 2. The molecule has 0 spiro atoms. The number of imidazole rings is 1. The zero-order valence-electron chi connectivity index (χ0n) is 16.2. The number of pyridine rings is 1. The van der Waals surface area contributed by atoms with Crippen molar-refractivity contribution in [1.82, 2.24) is 19.9 Å². The highest BCUT2D eigenvalue weighted by atomic mass is 32.1. The van der Waals surface area contributed by atoms with E-state index < -0.39 is 0 Å². The molecule has 7 nitrogen and oxygen atoms in total. The van der Waals surface area contributed by atoms with Gasteiger partial charge in [-0.15, -0.1) is 11.3 Å². The van der Waals surface area contributed by atoms with E-state index in [1.807, 2.05) is 11.4 Å². The van der Waals surface area contributed by atoms with Gasteiger partial charge in [-0.3, -0.25) is 9.69 Å². The molecule has 3 aromatic heterocycles. The standard InChI is InChI=1S/C21H21FN6OS/c22-12-9-14-15(10-16(12)28-6-4-27(5-7-28)11-1-2-11)25-20(24-14)17-18(23)19-13(3-8-30-19)26-21(17)29/h3,8-11H,1-2,4-7H2,(H,24,25)(H3,23,26,29). The molecular formula is C21H21FN6OS. The van der Waals surface area contributed by atoms with E-state index in [2.05, 4.69) is 24.8 Å². The molecule has 1 aromatic carbocycles. The van der Waals surface area contributed by atoms with Crippen molar-refractivity contribution in [3.8, 4) is 11.4 Å². The fraction of sp³-hybridized carbons (Fsp3) is 0.333. The summed E-state index contributed by atoms with van der Waals surface area (Å²) in [5, 5.41) is 1.88. The van der Waals surface area contributed by atoms with Crippen molar-refractivity contribution in [3.63, 3.8) is 0 Å². The van der Waals surface area contributed by atoms with Gasteiger partial charge in [0.2, 0.25) is 0 Å². The highest BCUT2D eigenvalue weighted by molar-refractivity contribution is 7.17. The molecule has 6 rings (SSSR count). The lowest BCUT2D eigenvalue weighted by molar-refractivity contribution is 0.247. The second-order valence-corrected chi connectivity index (χ2v) is 8.98. The monoisotopic (exact) mass is 424 g/mol. The predicted molar refractivity (Wildman–Crippen MR) is 119 cm³/mol. The van der Waals surface area contributed by atoms with Crippen LogP contribution in [0.15, 0.2) is 28.4 Å². The van der Waals surface area contributed by atoms with Gasteiger partial charge in [0, 0.05) is 38.3 Å². The molecule has 0 unspecified atom stereocenters. The third-order valence-electron chi connectivity index (χ3n) is 6.16. The fourth-order valence-corrected chi connectivity index (χ4v) is 5.24. The summed E-state index contributed by atoms with van der Waals surface area (Å²) < 4.78 is 15.7. The first-order valence-electron chi connectivity index (χ1n) is 10.2. The number of rotatable bonds is 3. The van der Waals surface area contributed by atoms with Gasteiger partial charge in [0.25, 0.3) is 5.56 Å². The van der Waals surface area contributed by atoms with Crippen LogP contribution in [0.5, 0.6) is 0 Å². The van der Waals surface area contributed by atoms with Crippen LogP contribution < -0.4 is 16.2 Å². The minimum absolute atomic E-state index is 0.284. The normalized spacial score (nSPS) is 18.0. The second-order valence-electron chi connectivity index (χ2n) is 8.07. The maximum absolute atomic E-state index is 14.9. The summed E-state index contributed by atoms with van der Waals surface area (Å²) in [5.74, 6) is 0.0716. The van der Waals surface area contributed by atoms with Crippen molar-refractivity contribution < 1.29 is 4.39 Å². The number of nitrogens with one attached hydrogen (secondary N) is 2. The summed E-state index contributed by atoms with van der Waals surface area (Å²) in [5.41, 5.74) is 9.09. The summed E-state index contributed by atoms with van der Waals surface area (Å²) in [4.78, 5) is 27.7. The number of nitrogens with two attached hydrogens (primary N) is 1. The Bertz CT molecular complexity index is 1330. The van der Waals surface area contributed by atoms with Gasteiger partial charge in [0.05, 0.1) is 32.6 Å². The zero-order valence-corrected chi connectivity index (χ0v) is 17.1. The number of piperazine rings is 1. The van der Waals surface area contributed by atoms with Gasteiger partial charge < -0.3 is 20.6 Å². The molecule has 0 amide bonds. The van der Waals surface area contributed by atoms with Crippen LogP contribution >= 0.6 is 11.3 Å². The van der Waals surface area contributed by atoms with Crippen LogP contribution in [0.3, 0.4) is 0 Å². The highest BCUT2D eigenvalue weighted by Gasteiger charge is 2.31. The molecule has 0 radical (unpaired) electrons. The van der Waals surface area contributed by atoms with E-state index in [-0.39, 0.29) is 11.4 Å². The summed E-state index contributed by atoms with van der Waals surface area (Å²) >= 11 is 1.46. The number of halogens is 1. The SMILES string of the molecule is Nc1c(-c2nc3cc(N4CCN(C5CC5)CC4)c(F)cc3[nH]2)c(=O)[nH]c2ccsc12. The number of nitrogen functional groups attached to an aromatic ring is 1. The molecule has 4 N–H and O–H groups in total. The van der Waals surface area contributed by atoms with Gasteiger partial charge in [-0.2, -0.15) is 0 Å². The molecule has 0 atom stereocenters. The van der Waals surface area contributed by atoms with Crippen LogP contribution in [-0.2, 0) is 0 Å². The van der Waals surface area contributed by atoms with Crippen molar-refractivity contribution in [2.24, 2.45) is 0 Å². The van der Waals surface area contributed by atoms with E-state index in [9.17, 15) is 9.18 Å². The average Bonchev–Trinajstić information content (AvgIpc) is 3.34. The Morgan fingerprint density at radius 1 is 1.13 bits per heavy atom. The average molecular weight is 425 g/mol. The third-order valence-corrected chi connectivity index (χ3v) is 7.11. The van der Waals surface area contributed by atoms with Crippen molar-refractivity contribution in [2.45, 2.75) is 18.9 Å². The number of thiophene rings is 1. The van der Waals surface area contributed by atoms with Crippen LogP contribution in [0, 0.1) is 5.82 Å². The van der Waals surface area contributed by atoms with Crippen molar-refractivity contribution in [3.05, 3.63) is 39.8 Å². The molecule has 4 aromatic rings. The van der Waals surface area contributed by atoms with E-state index in [4.69, 9.17) is 5.73 Å². The van der Waals surface area contributed by atoms with Gasteiger partial charge >= 0.3 is 0 Å². The largest absolute Gasteiger partial charge is 0.397 e. The van der Waals surface area contributed by atoms with Crippen LogP contribution in [0.1, 0.15) is 12.8 Å². The van der Waals surface area contributed by atoms with Gasteiger partial charge in [-0.1, -0.05) is 0 Å². The minimum atomic E-state index is -0.311. The second kappa shape index (κ2) is 6.55. The van der Waals surface area contributed by atoms with Crippen molar-refractivity contribution in [1.29, 1.82) is 0 Å². The number of nitrogens with zero attached hydrogens (tertiary/aromatic N) is 3. The molecular weight excluding hydrogens is 403 g/mol. The highest BCUT2D eigenvalue weighted by Crippen LogP contribution is 2.33. The topological polar surface area (TPSA) is 94.0 Å². The first kappa shape index (κ1) is 17.9. The van der Waals surface area contributed by atoms with E-state index >= 15 is 0 Å². The first-order valence-corrected chi connectivity index (χ1v) is 11.0. The molecule has 4 heterocycles. The maximum Gasteiger partial charge on any atom is 0.261 e.